The first-order valence-electron chi connectivity index (χ1n) is 6.54. The van der Waals surface area contributed by atoms with E-state index in [0.29, 0.717) is 12.0 Å². The zero-order valence-electron chi connectivity index (χ0n) is 11.7. The average molecular weight is 274 g/mol. The molecule has 0 aliphatic heterocycles. The van der Waals surface area contributed by atoms with Gasteiger partial charge in [-0.3, -0.25) is 0 Å². The number of carbonyl (C=O) groups is 1. The number of nitrogens with zero attached hydrogens (tertiary/aromatic N) is 2. The molecule has 0 atom stereocenters. The summed E-state index contributed by atoms with van der Waals surface area (Å²) in [5.41, 5.74) is 1.03. The van der Waals surface area contributed by atoms with E-state index in [-0.39, 0.29) is 5.69 Å². The van der Waals surface area contributed by atoms with Gasteiger partial charge in [-0.15, -0.1) is 0 Å². The molecule has 2 aromatic rings. The van der Waals surface area contributed by atoms with E-state index < -0.39 is 5.97 Å². The third kappa shape index (κ3) is 2.72. The molecule has 0 radical (unpaired) electrons. The van der Waals surface area contributed by atoms with Crippen molar-refractivity contribution in [3.05, 3.63) is 36.2 Å². The van der Waals surface area contributed by atoms with Gasteiger partial charge in [-0.05, 0) is 6.92 Å². The normalized spacial score (nSPS) is 10.7. The second-order valence-corrected chi connectivity index (χ2v) is 4.42. The Labute approximate surface area is 117 Å². The van der Waals surface area contributed by atoms with E-state index in [1.807, 2.05) is 18.2 Å². The minimum Gasteiger partial charge on any atom is -0.476 e. The maximum Gasteiger partial charge on any atom is 0.355 e. The number of ether oxygens (including phenoxy) is 1. The summed E-state index contributed by atoms with van der Waals surface area (Å²) in [5, 5.41) is 10.8. The van der Waals surface area contributed by atoms with Crippen LogP contribution in [-0.2, 0) is 4.74 Å². The lowest BCUT2D eigenvalue weighted by Crippen LogP contribution is -2.27. The maximum absolute atomic E-state index is 11.2. The van der Waals surface area contributed by atoms with Gasteiger partial charge >= 0.3 is 5.97 Å². The molecule has 2 rings (SSSR count). The summed E-state index contributed by atoms with van der Waals surface area (Å²) in [4.78, 5) is 17.5. The highest BCUT2D eigenvalue weighted by Gasteiger charge is 2.15. The molecule has 1 N–H and O–H groups in total. The van der Waals surface area contributed by atoms with Gasteiger partial charge in [0.25, 0.3) is 0 Å². The lowest BCUT2D eigenvalue weighted by atomic mass is 10.1. The Kier molecular flexibility index (Phi) is 4.53. The minimum absolute atomic E-state index is 0.0899. The molecule has 5 nitrogen and oxygen atoms in total. The number of anilines is 1. The largest absolute Gasteiger partial charge is 0.476 e. The molecule has 5 heteroatoms. The highest BCUT2D eigenvalue weighted by molar-refractivity contribution is 6.05. The van der Waals surface area contributed by atoms with Crippen LogP contribution in [0.1, 0.15) is 17.4 Å². The van der Waals surface area contributed by atoms with Crippen LogP contribution in [0.3, 0.4) is 0 Å². The standard InChI is InChI=1S/C15H18N2O3/c1-3-17(8-9-20-2)13-10-16-14(15(18)19)12-7-5-4-6-11(12)13/h4-7,10H,3,8-9H2,1-2H3,(H,18,19). The predicted octanol–water partition coefficient (Wildman–Crippen LogP) is 2.41. The lowest BCUT2D eigenvalue weighted by Gasteiger charge is -2.24. The number of benzene rings is 1. The molecule has 1 heterocycles. The molecule has 0 amide bonds. The Morgan fingerprint density at radius 3 is 2.65 bits per heavy atom. The van der Waals surface area contributed by atoms with Crippen LogP contribution in [0.15, 0.2) is 30.5 Å². The molecule has 0 aliphatic rings. The second kappa shape index (κ2) is 6.34. The number of hydrogen-bond donors (Lipinski definition) is 1. The first-order chi connectivity index (χ1) is 9.69. The summed E-state index contributed by atoms with van der Waals surface area (Å²) in [5.74, 6) is -1.01. The number of pyridine rings is 1. The summed E-state index contributed by atoms with van der Waals surface area (Å²) in [6.07, 6.45) is 1.63. The average Bonchev–Trinajstić information content (AvgIpc) is 2.47. The lowest BCUT2D eigenvalue weighted by molar-refractivity contribution is 0.0693. The first kappa shape index (κ1) is 14.3. The van der Waals surface area contributed by atoms with Gasteiger partial charge in [-0.2, -0.15) is 0 Å². The minimum atomic E-state index is -1.01. The van der Waals surface area contributed by atoms with E-state index in [0.717, 1.165) is 24.2 Å². The molecule has 20 heavy (non-hydrogen) atoms. The van der Waals surface area contributed by atoms with Gasteiger partial charge < -0.3 is 14.7 Å². The number of aromatic nitrogens is 1. The van der Waals surface area contributed by atoms with Crippen LogP contribution in [0.2, 0.25) is 0 Å². The molecule has 0 fully saturated rings. The van der Waals surface area contributed by atoms with Gasteiger partial charge in [0, 0.05) is 31.0 Å². The Balaban J connectivity index is 2.54. The van der Waals surface area contributed by atoms with E-state index in [1.165, 1.54) is 0 Å². The quantitative estimate of drug-likeness (QED) is 0.876. The van der Waals surface area contributed by atoms with Gasteiger partial charge in [0.15, 0.2) is 5.69 Å². The SMILES string of the molecule is CCN(CCOC)c1cnc(C(=O)O)c2ccccc12. The number of aromatic carboxylic acids is 1. The molecular formula is C15H18N2O3. The molecule has 0 saturated carbocycles. The first-order valence-corrected chi connectivity index (χ1v) is 6.54. The zero-order valence-corrected chi connectivity index (χ0v) is 11.7. The van der Waals surface area contributed by atoms with E-state index in [2.05, 4.69) is 16.8 Å². The van der Waals surface area contributed by atoms with Gasteiger partial charge in [-0.25, -0.2) is 9.78 Å². The van der Waals surface area contributed by atoms with E-state index in [4.69, 9.17) is 4.74 Å². The molecule has 1 aromatic carbocycles. The van der Waals surface area contributed by atoms with Crippen LogP contribution in [0, 0.1) is 0 Å². The molecule has 0 unspecified atom stereocenters. The van der Waals surface area contributed by atoms with Crippen LogP contribution in [-0.4, -0.2) is 42.9 Å². The molecule has 0 saturated heterocycles. The number of rotatable bonds is 6. The smallest absolute Gasteiger partial charge is 0.355 e. The van der Waals surface area contributed by atoms with E-state index in [1.54, 1.807) is 19.4 Å². The number of likely N-dealkylation sites (N-methyl/N-ethyl adjacent to an activating group) is 1. The van der Waals surface area contributed by atoms with Crippen LogP contribution in [0.4, 0.5) is 5.69 Å². The highest BCUT2D eigenvalue weighted by atomic mass is 16.5. The van der Waals surface area contributed by atoms with E-state index in [9.17, 15) is 9.90 Å². The van der Waals surface area contributed by atoms with Crippen molar-refractivity contribution in [3.8, 4) is 0 Å². The van der Waals surface area contributed by atoms with Crippen LogP contribution in [0.25, 0.3) is 10.8 Å². The molecule has 0 bridgehead atoms. The van der Waals surface area contributed by atoms with Crippen molar-refractivity contribution in [1.29, 1.82) is 0 Å². The molecular weight excluding hydrogens is 256 g/mol. The summed E-state index contributed by atoms with van der Waals surface area (Å²) < 4.78 is 5.11. The van der Waals surface area contributed by atoms with Gasteiger partial charge in [0.05, 0.1) is 18.5 Å². The summed E-state index contributed by atoms with van der Waals surface area (Å²) in [6, 6.07) is 7.45. The third-order valence-electron chi connectivity index (χ3n) is 3.26. The van der Waals surface area contributed by atoms with Crippen molar-refractivity contribution in [1.82, 2.24) is 4.98 Å². The van der Waals surface area contributed by atoms with Crippen molar-refractivity contribution in [2.45, 2.75) is 6.92 Å². The maximum atomic E-state index is 11.2. The van der Waals surface area contributed by atoms with Gasteiger partial charge in [-0.1, -0.05) is 24.3 Å². The summed E-state index contributed by atoms with van der Waals surface area (Å²) >= 11 is 0. The van der Waals surface area contributed by atoms with Crippen LogP contribution < -0.4 is 4.90 Å². The predicted molar refractivity (Wildman–Crippen MR) is 78.5 cm³/mol. The fourth-order valence-electron chi connectivity index (χ4n) is 2.25. The van der Waals surface area contributed by atoms with Crippen LogP contribution >= 0.6 is 0 Å². The van der Waals surface area contributed by atoms with Crippen molar-refractivity contribution in [2.24, 2.45) is 0 Å². The Morgan fingerprint density at radius 1 is 1.35 bits per heavy atom. The summed E-state index contributed by atoms with van der Waals surface area (Å²) in [7, 11) is 1.66. The van der Waals surface area contributed by atoms with Crippen molar-refractivity contribution >= 4 is 22.4 Å². The number of fused-ring (bicyclic) bond motifs is 1. The molecule has 1 aromatic heterocycles. The van der Waals surface area contributed by atoms with Crippen molar-refractivity contribution < 1.29 is 14.6 Å². The van der Waals surface area contributed by atoms with E-state index >= 15 is 0 Å². The Morgan fingerprint density at radius 2 is 2.05 bits per heavy atom. The highest BCUT2D eigenvalue weighted by Crippen LogP contribution is 2.27. The molecule has 0 spiro atoms. The van der Waals surface area contributed by atoms with Crippen molar-refractivity contribution in [2.75, 3.05) is 31.7 Å². The number of carboxylic acid groups (broad SMARTS) is 1. The topological polar surface area (TPSA) is 62.7 Å². The third-order valence-corrected chi connectivity index (χ3v) is 3.26. The fourth-order valence-corrected chi connectivity index (χ4v) is 2.25. The Hall–Kier alpha value is -2.14. The van der Waals surface area contributed by atoms with Crippen LogP contribution in [0.5, 0.6) is 0 Å². The molecule has 0 aliphatic carbocycles. The fraction of sp³-hybridized carbons (Fsp3) is 0.333. The molecule has 106 valence electrons. The number of methoxy groups -OCH3 is 1. The van der Waals surface area contributed by atoms with Gasteiger partial charge in [0.1, 0.15) is 0 Å². The number of hydrogen-bond acceptors (Lipinski definition) is 4. The van der Waals surface area contributed by atoms with Gasteiger partial charge in [0.2, 0.25) is 0 Å². The van der Waals surface area contributed by atoms with Crippen molar-refractivity contribution in [3.63, 3.8) is 0 Å². The Bertz CT molecular complexity index is 613. The summed E-state index contributed by atoms with van der Waals surface area (Å²) in [6.45, 7) is 4.21. The second-order valence-electron chi connectivity index (χ2n) is 4.42. The monoisotopic (exact) mass is 274 g/mol. The number of carboxylic acids is 1. The zero-order chi connectivity index (χ0) is 14.5.